The normalized spacial score (nSPS) is 11.5. The lowest BCUT2D eigenvalue weighted by molar-refractivity contribution is 1.19. The summed E-state index contributed by atoms with van der Waals surface area (Å²) in [6.45, 7) is 0. The van der Waals surface area contributed by atoms with Crippen molar-refractivity contribution in [1.82, 2.24) is 9.97 Å². The number of fused-ring (bicyclic) bond motifs is 6. The van der Waals surface area contributed by atoms with Gasteiger partial charge in [-0.15, -0.1) is 0 Å². The van der Waals surface area contributed by atoms with Crippen molar-refractivity contribution in [2.45, 2.75) is 0 Å². The van der Waals surface area contributed by atoms with Crippen molar-refractivity contribution < 1.29 is 0 Å². The van der Waals surface area contributed by atoms with Gasteiger partial charge < -0.3 is 0 Å². The highest BCUT2D eigenvalue weighted by molar-refractivity contribution is 6.28. The van der Waals surface area contributed by atoms with Gasteiger partial charge in [0.05, 0.1) is 11.4 Å². The van der Waals surface area contributed by atoms with Gasteiger partial charge in [-0.3, -0.25) is 0 Å². The molecule has 12 aromatic carbocycles. The van der Waals surface area contributed by atoms with Gasteiger partial charge in [0, 0.05) is 16.7 Å². The smallest absolute Gasteiger partial charge is 0.160 e. The average Bonchev–Trinajstić information content (AvgIpc) is 3.42. The minimum atomic E-state index is 0.694. The Morgan fingerprint density at radius 1 is 0.221 bits per heavy atom. The molecule has 0 unspecified atom stereocenters. The van der Waals surface area contributed by atoms with E-state index in [-0.39, 0.29) is 0 Å². The second kappa shape index (κ2) is 16.5. The zero-order valence-electron chi connectivity index (χ0n) is 37.1. The van der Waals surface area contributed by atoms with Crippen molar-refractivity contribution in [3.05, 3.63) is 255 Å². The Labute approximate surface area is 395 Å². The summed E-state index contributed by atoms with van der Waals surface area (Å²) in [5.74, 6) is 0.694. The van der Waals surface area contributed by atoms with Gasteiger partial charge in [0.1, 0.15) is 0 Å². The molecule has 316 valence electrons. The van der Waals surface area contributed by atoms with Crippen molar-refractivity contribution in [3.8, 4) is 78.4 Å². The quantitative estimate of drug-likeness (QED) is 0.118. The maximum Gasteiger partial charge on any atom is 0.160 e. The fraction of sp³-hybridized carbons (Fsp3) is 0. The van der Waals surface area contributed by atoms with Gasteiger partial charge in [-0.25, -0.2) is 9.97 Å². The zero-order chi connectivity index (χ0) is 45.0. The first-order valence-electron chi connectivity index (χ1n) is 23.3. The highest BCUT2D eigenvalue weighted by atomic mass is 14.9. The maximum atomic E-state index is 5.33. The summed E-state index contributed by atoms with van der Waals surface area (Å²) >= 11 is 0. The van der Waals surface area contributed by atoms with E-state index in [0.29, 0.717) is 5.82 Å². The third-order valence-electron chi connectivity index (χ3n) is 13.7. The molecule has 0 aliphatic heterocycles. The number of hydrogen-bond donors (Lipinski definition) is 0. The van der Waals surface area contributed by atoms with Gasteiger partial charge in [-0.1, -0.05) is 249 Å². The van der Waals surface area contributed by atoms with Crippen LogP contribution in [-0.4, -0.2) is 9.97 Å². The van der Waals surface area contributed by atoms with Crippen molar-refractivity contribution >= 4 is 53.9 Å². The minimum absolute atomic E-state index is 0.694. The van der Waals surface area contributed by atoms with Gasteiger partial charge in [0.15, 0.2) is 5.82 Å². The third kappa shape index (κ3) is 6.65. The zero-order valence-corrected chi connectivity index (χ0v) is 37.1. The second-order valence-electron chi connectivity index (χ2n) is 17.6. The number of rotatable bonds is 7. The second-order valence-corrected chi connectivity index (χ2v) is 17.6. The topological polar surface area (TPSA) is 25.8 Å². The maximum absolute atomic E-state index is 5.33. The van der Waals surface area contributed by atoms with Crippen LogP contribution < -0.4 is 0 Å². The summed E-state index contributed by atoms with van der Waals surface area (Å²) in [7, 11) is 0. The van der Waals surface area contributed by atoms with Crippen LogP contribution in [0.3, 0.4) is 0 Å². The Balaban J connectivity index is 0.958. The van der Waals surface area contributed by atoms with Crippen LogP contribution in [0.2, 0.25) is 0 Å². The SMILES string of the molecule is c1ccc(-c2nc(-c3ccccc3-c3cccc4ccccc34)cc(-c3ccc(-c4ccc(-c5c6ccccc6c(-c6ccccc6)c6c5ccc5ccccc56)cc4)c4ccccc34)n2)cc1. The lowest BCUT2D eigenvalue weighted by Crippen LogP contribution is -1.98. The molecule has 1 aromatic heterocycles. The Kier molecular flexibility index (Phi) is 9.54. The fourth-order valence-electron chi connectivity index (χ4n) is 10.6. The summed E-state index contributed by atoms with van der Waals surface area (Å²) in [6.07, 6.45) is 0. The van der Waals surface area contributed by atoms with Crippen molar-refractivity contribution in [2.75, 3.05) is 0 Å². The first-order valence-corrected chi connectivity index (χ1v) is 23.3. The molecular weight excluding hydrogens is 821 g/mol. The predicted octanol–water partition coefficient (Wildman–Crippen LogP) is 17.9. The lowest BCUT2D eigenvalue weighted by atomic mass is 9.83. The fourth-order valence-corrected chi connectivity index (χ4v) is 10.6. The molecule has 0 amide bonds. The van der Waals surface area contributed by atoms with E-state index in [1.807, 2.05) is 6.07 Å². The molecule has 0 atom stereocenters. The highest BCUT2D eigenvalue weighted by Crippen LogP contribution is 2.47. The van der Waals surface area contributed by atoms with Gasteiger partial charge in [0.2, 0.25) is 0 Å². The molecule has 0 aliphatic rings. The van der Waals surface area contributed by atoms with Gasteiger partial charge in [-0.05, 0) is 104 Å². The van der Waals surface area contributed by atoms with E-state index in [4.69, 9.17) is 9.97 Å². The molecule has 0 fully saturated rings. The summed E-state index contributed by atoms with van der Waals surface area (Å²) < 4.78 is 0. The third-order valence-corrected chi connectivity index (χ3v) is 13.7. The van der Waals surface area contributed by atoms with Crippen LogP contribution in [0, 0.1) is 0 Å². The van der Waals surface area contributed by atoms with Crippen molar-refractivity contribution in [3.63, 3.8) is 0 Å². The van der Waals surface area contributed by atoms with E-state index >= 15 is 0 Å². The Hall–Kier alpha value is -8.98. The standard InChI is InChI=1S/C66H42N2/c1-3-20-46(21-4-1)64-59-32-16-15-31-58(59)63(60-39-38-44-19-8-10-26-51(44)65(60)64)47-36-34-45(35-37-47)50-40-41-57(55-29-12-11-27-52(50)55)62-42-61(67-66(68-62)48-22-5-2-6-23-48)56-30-14-13-28-54(56)53-33-17-24-43-18-7-9-25-49(43)53/h1-42H. The molecule has 0 saturated carbocycles. The summed E-state index contributed by atoms with van der Waals surface area (Å²) in [5.41, 5.74) is 14.5. The van der Waals surface area contributed by atoms with Crippen LogP contribution in [0.1, 0.15) is 0 Å². The van der Waals surface area contributed by atoms with E-state index in [9.17, 15) is 0 Å². The molecule has 2 nitrogen and oxygen atoms in total. The number of nitrogens with zero attached hydrogens (tertiary/aromatic N) is 2. The summed E-state index contributed by atoms with van der Waals surface area (Å²) in [5, 5.41) is 12.3. The molecule has 13 rings (SSSR count). The van der Waals surface area contributed by atoms with Crippen LogP contribution in [0.5, 0.6) is 0 Å². The summed E-state index contributed by atoms with van der Waals surface area (Å²) in [6, 6.07) is 91.9. The molecule has 0 spiro atoms. The molecule has 13 aromatic rings. The van der Waals surface area contributed by atoms with Gasteiger partial charge in [-0.2, -0.15) is 0 Å². The average molecular weight is 863 g/mol. The molecule has 0 bridgehead atoms. The van der Waals surface area contributed by atoms with Crippen LogP contribution in [-0.2, 0) is 0 Å². The number of hydrogen-bond acceptors (Lipinski definition) is 2. The first-order chi connectivity index (χ1) is 33.7. The van der Waals surface area contributed by atoms with Crippen molar-refractivity contribution in [1.29, 1.82) is 0 Å². The Morgan fingerprint density at radius 2 is 0.691 bits per heavy atom. The molecule has 0 aliphatic carbocycles. The summed E-state index contributed by atoms with van der Waals surface area (Å²) in [4.78, 5) is 10.6. The Morgan fingerprint density at radius 3 is 1.41 bits per heavy atom. The highest BCUT2D eigenvalue weighted by Gasteiger charge is 2.21. The monoisotopic (exact) mass is 862 g/mol. The molecule has 0 N–H and O–H groups in total. The molecular formula is C66H42N2. The van der Waals surface area contributed by atoms with E-state index < -0.39 is 0 Å². The van der Waals surface area contributed by atoms with Crippen LogP contribution in [0.25, 0.3) is 132 Å². The molecule has 1 heterocycles. The van der Waals surface area contributed by atoms with E-state index in [0.717, 1.165) is 44.6 Å². The van der Waals surface area contributed by atoms with Crippen LogP contribution in [0.15, 0.2) is 255 Å². The Bertz CT molecular complexity index is 4060. The van der Waals surface area contributed by atoms with Gasteiger partial charge >= 0.3 is 0 Å². The minimum Gasteiger partial charge on any atom is -0.228 e. The number of aromatic nitrogens is 2. The number of benzene rings is 12. The molecule has 0 radical (unpaired) electrons. The largest absolute Gasteiger partial charge is 0.228 e. The van der Waals surface area contributed by atoms with Crippen LogP contribution in [0.4, 0.5) is 0 Å². The lowest BCUT2D eigenvalue weighted by Gasteiger charge is -2.19. The van der Waals surface area contributed by atoms with Gasteiger partial charge in [0.25, 0.3) is 0 Å². The molecule has 2 heteroatoms. The molecule has 0 saturated heterocycles. The van der Waals surface area contributed by atoms with E-state index in [2.05, 4.69) is 249 Å². The van der Waals surface area contributed by atoms with E-state index in [1.54, 1.807) is 0 Å². The first kappa shape index (κ1) is 39.4. The molecule has 68 heavy (non-hydrogen) atoms. The van der Waals surface area contributed by atoms with E-state index in [1.165, 1.54) is 81.9 Å². The van der Waals surface area contributed by atoms with Crippen LogP contribution >= 0.6 is 0 Å². The predicted molar refractivity (Wildman–Crippen MR) is 288 cm³/mol. The van der Waals surface area contributed by atoms with Crippen molar-refractivity contribution in [2.24, 2.45) is 0 Å².